The summed E-state index contributed by atoms with van der Waals surface area (Å²) < 4.78 is 30.0. The second-order valence-corrected chi connectivity index (χ2v) is 9.33. The summed E-state index contributed by atoms with van der Waals surface area (Å²) in [5, 5.41) is 0. The zero-order chi connectivity index (χ0) is 18.6. The van der Waals surface area contributed by atoms with Crippen LogP contribution in [0.5, 0.6) is 0 Å². The number of hydrogen-bond donors (Lipinski definition) is 1. The Labute approximate surface area is 157 Å². The van der Waals surface area contributed by atoms with Gasteiger partial charge < -0.3 is 9.32 Å². The maximum Gasteiger partial charge on any atom is 0.264 e. The molecule has 0 unspecified atom stereocenters. The molecule has 142 valence electrons. The first kappa shape index (κ1) is 19.1. The number of rotatable bonds is 7. The van der Waals surface area contributed by atoms with Gasteiger partial charge in [-0.15, -0.1) is 11.3 Å². The minimum absolute atomic E-state index is 0.0509. The van der Waals surface area contributed by atoms with E-state index in [1.807, 2.05) is 29.2 Å². The number of nitrogens with zero attached hydrogens (tertiary/aromatic N) is 2. The van der Waals surface area contributed by atoms with Crippen molar-refractivity contribution in [2.75, 3.05) is 39.0 Å². The van der Waals surface area contributed by atoms with Crippen molar-refractivity contribution in [3.8, 4) is 0 Å². The third-order valence-electron chi connectivity index (χ3n) is 4.23. The molecule has 1 amide bonds. The topological polar surface area (TPSA) is 82.9 Å². The predicted octanol–water partition coefficient (Wildman–Crippen LogP) is 1.39. The van der Waals surface area contributed by atoms with Gasteiger partial charge in [0.25, 0.3) is 5.91 Å². The van der Waals surface area contributed by atoms with Crippen molar-refractivity contribution >= 4 is 27.3 Å². The van der Waals surface area contributed by atoms with Crippen molar-refractivity contribution in [1.82, 2.24) is 14.5 Å². The van der Waals surface area contributed by atoms with Gasteiger partial charge in [-0.1, -0.05) is 0 Å². The molecule has 3 heterocycles. The summed E-state index contributed by atoms with van der Waals surface area (Å²) in [4.78, 5) is 18.5. The zero-order valence-electron chi connectivity index (χ0n) is 14.7. The molecular formula is C17H23N3O4S2. The highest BCUT2D eigenvalue weighted by Gasteiger charge is 2.23. The molecule has 0 atom stereocenters. The van der Waals surface area contributed by atoms with Gasteiger partial charge in [-0.3, -0.25) is 9.69 Å². The largest absolute Gasteiger partial charge is 0.468 e. The van der Waals surface area contributed by atoms with E-state index in [1.54, 1.807) is 6.26 Å². The first-order chi connectivity index (χ1) is 12.4. The molecule has 2 aromatic rings. The molecule has 9 heteroatoms. The molecule has 0 spiro atoms. The molecule has 0 radical (unpaired) electrons. The average Bonchev–Trinajstić information content (AvgIpc) is 3.26. The van der Waals surface area contributed by atoms with Crippen LogP contribution in [0.2, 0.25) is 0 Å². The zero-order valence-corrected chi connectivity index (χ0v) is 16.3. The van der Waals surface area contributed by atoms with Crippen LogP contribution in [0, 0.1) is 0 Å². The van der Waals surface area contributed by atoms with Gasteiger partial charge in [0, 0.05) is 37.6 Å². The highest BCUT2D eigenvalue weighted by atomic mass is 32.2. The van der Waals surface area contributed by atoms with Gasteiger partial charge in [0.1, 0.15) is 5.76 Å². The van der Waals surface area contributed by atoms with E-state index in [9.17, 15) is 13.2 Å². The second-order valence-electron chi connectivity index (χ2n) is 6.33. The molecule has 0 aliphatic carbocycles. The Morgan fingerprint density at radius 3 is 2.65 bits per heavy atom. The minimum atomic E-state index is -3.18. The van der Waals surface area contributed by atoms with Crippen LogP contribution in [0.3, 0.4) is 0 Å². The molecule has 1 N–H and O–H groups in total. The quantitative estimate of drug-likeness (QED) is 0.763. The monoisotopic (exact) mass is 397 g/mol. The number of amides is 1. The SMILES string of the molecule is CS(=O)(=O)NCCc1ccc(C(=O)N2CCN(Cc3ccco3)CC2)s1. The molecule has 1 aliphatic rings. The van der Waals surface area contributed by atoms with Gasteiger partial charge in [0.2, 0.25) is 10.0 Å². The Balaban J connectivity index is 1.47. The van der Waals surface area contributed by atoms with E-state index in [2.05, 4.69) is 9.62 Å². The summed E-state index contributed by atoms with van der Waals surface area (Å²) in [5.41, 5.74) is 0. The molecule has 2 aromatic heterocycles. The summed E-state index contributed by atoms with van der Waals surface area (Å²) >= 11 is 1.44. The minimum Gasteiger partial charge on any atom is -0.468 e. The van der Waals surface area contributed by atoms with E-state index in [-0.39, 0.29) is 5.91 Å². The standard InChI is InChI=1S/C17H23N3O4S2/c1-26(22,23)18-7-6-15-4-5-16(25-15)17(21)20-10-8-19(9-11-20)13-14-3-2-12-24-14/h2-5,12,18H,6-11,13H2,1H3. The molecule has 0 bridgehead atoms. The van der Waals surface area contributed by atoms with Crippen molar-refractivity contribution in [3.05, 3.63) is 46.0 Å². The van der Waals surface area contributed by atoms with Crippen LogP contribution in [0.1, 0.15) is 20.3 Å². The van der Waals surface area contributed by atoms with Crippen molar-refractivity contribution in [3.63, 3.8) is 0 Å². The lowest BCUT2D eigenvalue weighted by molar-refractivity contribution is 0.0625. The summed E-state index contributed by atoms with van der Waals surface area (Å²) in [5.74, 6) is 0.991. The summed E-state index contributed by atoms with van der Waals surface area (Å²) in [6.45, 7) is 4.15. The number of carbonyl (C=O) groups is 1. The van der Waals surface area contributed by atoms with Gasteiger partial charge >= 0.3 is 0 Å². The maximum atomic E-state index is 12.7. The van der Waals surface area contributed by atoms with Gasteiger partial charge in [-0.05, 0) is 30.7 Å². The molecular weight excluding hydrogens is 374 g/mol. The van der Waals surface area contributed by atoms with E-state index in [4.69, 9.17) is 4.42 Å². The van der Waals surface area contributed by atoms with Gasteiger partial charge in [-0.2, -0.15) is 0 Å². The highest BCUT2D eigenvalue weighted by Crippen LogP contribution is 2.20. The second kappa shape index (κ2) is 8.34. The summed E-state index contributed by atoms with van der Waals surface area (Å²) in [7, 11) is -3.18. The average molecular weight is 398 g/mol. The van der Waals surface area contributed by atoms with Gasteiger partial charge in [-0.25, -0.2) is 13.1 Å². The van der Waals surface area contributed by atoms with E-state index < -0.39 is 10.0 Å². The molecule has 1 aliphatic heterocycles. The fourth-order valence-corrected chi connectivity index (χ4v) is 4.32. The number of hydrogen-bond acceptors (Lipinski definition) is 6. The number of piperazine rings is 1. The van der Waals surface area contributed by atoms with Crippen molar-refractivity contribution in [2.45, 2.75) is 13.0 Å². The normalized spacial score (nSPS) is 16.1. The lowest BCUT2D eigenvalue weighted by Gasteiger charge is -2.34. The Kier molecular flexibility index (Phi) is 6.13. The highest BCUT2D eigenvalue weighted by molar-refractivity contribution is 7.88. The van der Waals surface area contributed by atoms with Gasteiger partial charge in [0.15, 0.2) is 0 Å². The molecule has 1 saturated heterocycles. The van der Waals surface area contributed by atoms with E-state index in [1.165, 1.54) is 11.3 Å². The van der Waals surface area contributed by atoms with Gasteiger partial charge in [0.05, 0.1) is 23.9 Å². The lowest BCUT2D eigenvalue weighted by Crippen LogP contribution is -2.48. The van der Waals surface area contributed by atoms with Crippen LogP contribution in [-0.4, -0.2) is 63.1 Å². The van der Waals surface area contributed by atoms with Crippen LogP contribution >= 0.6 is 11.3 Å². The molecule has 3 rings (SSSR count). The van der Waals surface area contributed by atoms with E-state index >= 15 is 0 Å². The van der Waals surface area contributed by atoms with E-state index in [0.29, 0.717) is 30.9 Å². The van der Waals surface area contributed by atoms with Crippen molar-refractivity contribution in [1.29, 1.82) is 0 Å². The molecule has 7 nitrogen and oxygen atoms in total. The Hall–Kier alpha value is -1.68. The Morgan fingerprint density at radius 2 is 2.00 bits per heavy atom. The van der Waals surface area contributed by atoms with Crippen LogP contribution in [-0.2, 0) is 23.0 Å². The van der Waals surface area contributed by atoms with Crippen LogP contribution in [0.15, 0.2) is 34.9 Å². The predicted molar refractivity (Wildman–Crippen MR) is 101 cm³/mol. The van der Waals surface area contributed by atoms with Crippen LogP contribution < -0.4 is 4.72 Å². The maximum absolute atomic E-state index is 12.7. The first-order valence-corrected chi connectivity index (χ1v) is 11.2. The fourth-order valence-electron chi connectivity index (χ4n) is 2.87. The fraction of sp³-hybridized carbons (Fsp3) is 0.471. The number of nitrogens with one attached hydrogen (secondary N) is 1. The third kappa shape index (κ3) is 5.41. The first-order valence-electron chi connectivity index (χ1n) is 8.48. The third-order valence-corrected chi connectivity index (χ3v) is 6.09. The smallest absolute Gasteiger partial charge is 0.264 e. The molecule has 1 fully saturated rings. The summed E-state index contributed by atoms with van der Waals surface area (Å²) in [6, 6.07) is 7.57. The van der Waals surface area contributed by atoms with E-state index in [0.717, 1.165) is 36.5 Å². The van der Waals surface area contributed by atoms with Crippen LogP contribution in [0.25, 0.3) is 0 Å². The molecule has 26 heavy (non-hydrogen) atoms. The Bertz CT molecular complexity index is 822. The molecule has 0 saturated carbocycles. The van der Waals surface area contributed by atoms with Crippen LogP contribution in [0.4, 0.5) is 0 Å². The number of thiophene rings is 1. The lowest BCUT2D eigenvalue weighted by atomic mass is 10.2. The number of carbonyl (C=O) groups excluding carboxylic acids is 1. The van der Waals surface area contributed by atoms with Crippen molar-refractivity contribution < 1.29 is 17.6 Å². The summed E-state index contributed by atoms with van der Waals surface area (Å²) in [6.07, 6.45) is 3.40. The van der Waals surface area contributed by atoms with Crippen molar-refractivity contribution in [2.24, 2.45) is 0 Å². The number of furan rings is 1. The number of sulfonamides is 1. The molecule has 0 aromatic carbocycles. The Morgan fingerprint density at radius 1 is 1.23 bits per heavy atom.